The number of para-hydroxylation sites is 2. The molecule has 0 heterocycles. The molecule has 1 atom stereocenters. The van der Waals surface area contributed by atoms with E-state index in [1.807, 2.05) is 30.3 Å². The number of nitriles is 1. The number of nitro groups is 1. The summed E-state index contributed by atoms with van der Waals surface area (Å²) >= 11 is 6.36. The third-order valence-electron chi connectivity index (χ3n) is 4.28. The van der Waals surface area contributed by atoms with Gasteiger partial charge in [0.15, 0.2) is 12.4 Å². The van der Waals surface area contributed by atoms with Crippen LogP contribution in [0.5, 0.6) is 5.75 Å². The number of halogens is 1. The summed E-state index contributed by atoms with van der Waals surface area (Å²) in [7, 11) is 0. The van der Waals surface area contributed by atoms with Gasteiger partial charge in [-0.3, -0.25) is 14.9 Å². The molecule has 8 heteroatoms. The van der Waals surface area contributed by atoms with Crippen molar-refractivity contribution >= 4 is 28.9 Å². The number of amides is 1. The van der Waals surface area contributed by atoms with Crippen LogP contribution in [0.2, 0.25) is 5.02 Å². The SMILES string of the molecule is N#CC(c1ccccc1)c1ccc(NC(=O)COc2ccccc2[N+](=O)[O-])cc1Cl. The van der Waals surface area contributed by atoms with E-state index < -0.39 is 23.4 Å². The molecule has 0 radical (unpaired) electrons. The van der Waals surface area contributed by atoms with Gasteiger partial charge in [-0.25, -0.2) is 0 Å². The Morgan fingerprint density at radius 1 is 1.13 bits per heavy atom. The first-order valence-electron chi connectivity index (χ1n) is 8.89. The molecule has 30 heavy (non-hydrogen) atoms. The van der Waals surface area contributed by atoms with Gasteiger partial charge in [0.05, 0.1) is 16.9 Å². The third kappa shape index (κ3) is 4.93. The molecule has 0 aliphatic heterocycles. The predicted molar refractivity (Wildman–Crippen MR) is 113 cm³/mol. The molecule has 1 unspecified atom stereocenters. The number of carbonyl (C=O) groups is 1. The zero-order chi connectivity index (χ0) is 21.5. The van der Waals surface area contributed by atoms with Crippen LogP contribution < -0.4 is 10.1 Å². The predicted octanol–water partition coefficient (Wildman–Crippen LogP) is 4.92. The molecular formula is C22H16ClN3O4. The lowest BCUT2D eigenvalue weighted by Crippen LogP contribution is -2.20. The normalized spacial score (nSPS) is 11.2. The maximum absolute atomic E-state index is 12.2. The molecule has 0 spiro atoms. The average molecular weight is 422 g/mol. The number of nitrogens with zero attached hydrogens (tertiary/aromatic N) is 2. The lowest BCUT2D eigenvalue weighted by molar-refractivity contribution is -0.385. The molecule has 0 aromatic heterocycles. The minimum atomic E-state index is -0.579. The highest BCUT2D eigenvalue weighted by Crippen LogP contribution is 2.32. The van der Waals surface area contributed by atoms with Gasteiger partial charge in [0.1, 0.15) is 0 Å². The minimum Gasteiger partial charge on any atom is -0.477 e. The summed E-state index contributed by atoms with van der Waals surface area (Å²) in [6, 6.07) is 22.2. The number of nitrogens with one attached hydrogen (secondary N) is 1. The molecule has 0 saturated heterocycles. The first-order chi connectivity index (χ1) is 14.5. The van der Waals surface area contributed by atoms with Crippen molar-refractivity contribution in [3.05, 3.63) is 99.1 Å². The summed E-state index contributed by atoms with van der Waals surface area (Å²) in [6.07, 6.45) is 0. The first-order valence-corrected chi connectivity index (χ1v) is 9.27. The quantitative estimate of drug-likeness (QED) is 0.430. The Hall–Kier alpha value is -3.89. The molecule has 1 amide bonds. The van der Waals surface area contributed by atoms with Crippen LogP contribution >= 0.6 is 11.6 Å². The first kappa shape index (κ1) is 20.8. The number of ether oxygens (including phenoxy) is 1. The maximum atomic E-state index is 12.2. The van der Waals surface area contributed by atoms with Crippen LogP contribution in [0.25, 0.3) is 0 Å². The van der Waals surface area contributed by atoms with E-state index in [9.17, 15) is 20.2 Å². The van der Waals surface area contributed by atoms with Crippen LogP contribution in [0.1, 0.15) is 17.0 Å². The summed E-state index contributed by atoms with van der Waals surface area (Å²) in [6.45, 7) is -0.408. The van der Waals surface area contributed by atoms with Crippen LogP contribution in [0.4, 0.5) is 11.4 Å². The van der Waals surface area contributed by atoms with Gasteiger partial charge in [0.2, 0.25) is 0 Å². The second kappa shape index (κ2) is 9.54. The van der Waals surface area contributed by atoms with Gasteiger partial charge in [-0.05, 0) is 29.3 Å². The molecule has 3 aromatic rings. The molecular weight excluding hydrogens is 406 g/mol. The zero-order valence-electron chi connectivity index (χ0n) is 15.6. The van der Waals surface area contributed by atoms with Crippen LogP contribution in [0.3, 0.4) is 0 Å². The maximum Gasteiger partial charge on any atom is 0.310 e. The van der Waals surface area contributed by atoms with Gasteiger partial charge in [-0.1, -0.05) is 60.1 Å². The van der Waals surface area contributed by atoms with Gasteiger partial charge in [-0.15, -0.1) is 0 Å². The molecule has 0 fully saturated rings. The van der Waals surface area contributed by atoms with Crippen LogP contribution in [-0.2, 0) is 4.79 Å². The van der Waals surface area contributed by atoms with Crippen molar-refractivity contribution in [2.45, 2.75) is 5.92 Å². The van der Waals surface area contributed by atoms with Gasteiger partial charge in [0.25, 0.3) is 5.91 Å². The van der Waals surface area contributed by atoms with E-state index >= 15 is 0 Å². The molecule has 1 N–H and O–H groups in total. The fraction of sp³-hybridized carbons (Fsp3) is 0.0909. The minimum absolute atomic E-state index is 0.00533. The molecule has 7 nitrogen and oxygen atoms in total. The zero-order valence-corrected chi connectivity index (χ0v) is 16.4. The van der Waals surface area contributed by atoms with Crippen molar-refractivity contribution in [2.24, 2.45) is 0 Å². The van der Waals surface area contributed by atoms with Crippen molar-refractivity contribution < 1.29 is 14.5 Å². The van der Waals surface area contributed by atoms with Crippen molar-refractivity contribution in [2.75, 3.05) is 11.9 Å². The van der Waals surface area contributed by atoms with Gasteiger partial charge in [-0.2, -0.15) is 5.26 Å². The number of rotatable bonds is 7. The van der Waals surface area contributed by atoms with Crippen LogP contribution in [-0.4, -0.2) is 17.4 Å². The smallest absolute Gasteiger partial charge is 0.310 e. The fourth-order valence-electron chi connectivity index (χ4n) is 2.88. The largest absolute Gasteiger partial charge is 0.477 e. The number of carbonyl (C=O) groups excluding carboxylic acids is 1. The Kier molecular flexibility index (Phi) is 6.63. The number of hydrogen-bond donors (Lipinski definition) is 1. The van der Waals surface area contributed by atoms with Gasteiger partial charge < -0.3 is 10.1 Å². The lowest BCUT2D eigenvalue weighted by atomic mass is 9.92. The molecule has 3 aromatic carbocycles. The lowest BCUT2D eigenvalue weighted by Gasteiger charge is -2.14. The molecule has 3 rings (SSSR count). The topological polar surface area (TPSA) is 105 Å². The fourth-order valence-corrected chi connectivity index (χ4v) is 3.17. The Morgan fingerprint density at radius 3 is 2.50 bits per heavy atom. The van der Waals surface area contributed by atoms with Crippen molar-refractivity contribution in [1.29, 1.82) is 5.26 Å². The van der Waals surface area contributed by atoms with E-state index in [4.69, 9.17) is 16.3 Å². The van der Waals surface area contributed by atoms with E-state index in [0.29, 0.717) is 16.3 Å². The monoisotopic (exact) mass is 421 g/mol. The summed E-state index contributed by atoms with van der Waals surface area (Å²) < 4.78 is 5.27. The highest BCUT2D eigenvalue weighted by Gasteiger charge is 2.18. The van der Waals surface area contributed by atoms with Crippen LogP contribution in [0, 0.1) is 21.4 Å². The summed E-state index contributed by atoms with van der Waals surface area (Å²) in [5.74, 6) is -1.03. The Labute approximate surface area is 177 Å². The van der Waals surface area contributed by atoms with E-state index in [0.717, 1.165) is 5.56 Å². The molecule has 0 bridgehead atoms. The number of hydrogen-bond acceptors (Lipinski definition) is 5. The van der Waals surface area contributed by atoms with Crippen molar-refractivity contribution in [1.82, 2.24) is 0 Å². The number of benzene rings is 3. The molecule has 0 saturated carbocycles. The Morgan fingerprint density at radius 2 is 1.83 bits per heavy atom. The van der Waals surface area contributed by atoms with E-state index in [2.05, 4.69) is 11.4 Å². The Balaban J connectivity index is 1.68. The highest BCUT2D eigenvalue weighted by molar-refractivity contribution is 6.31. The highest BCUT2D eigenvalue weighted by atomic mass is 35.5. The van der Waals surface area contributed by atoms with Gasteiger partial charge >= 0.3 is 5.69 Å². The summed E-state index contributed by atoms with van der Waals surface area (Å²) in [5, 5.41) is 23.5. The second-order valence-electron chi connectivity index (χ2n) is 6.27. The van der Waals surface area contributed by atoms with E-state index in [-0.39, 0.29) is 11.4 Å². The Bertz CT molecular complexity index is 1110. The van der Waals surface area contributed by atoms with E-state index in [1.54, 1.807) is 24.3 Å². The second-order valence-corrected chi connectivity index (χ2v) is 6.68. The van der Waals surface area contributed by atoms with Crippen LogP contribution in [0.15, 0.2) is 72.8 Å². The molecule has 0 aliphatic rings. The number of nitro benzene ring substituents is 1. The van der Waals surface area contributed by atoms with Crippen molar-refractivity contribution in [3.63, 3.8) is 0 Å². The average Bonchev–Trinajstić information content (AvgIpc) is 2.75. The summed E-state index contributed by atoms with van der Waals surface area (Å²) in [4.78, 5) is 22.6. The summed E-state index contributed by atoms with van der Waals surface area (Å²) in [5.41, 5.74) is 1.64. The molecule has 150 valence electrons. The number of anilines is 1. The standard InChI is InChI=1S/C22H16ClN3O4/c23-19-12-16(10-11-17(19)18(13-24)15-6-2-1-3-7-15)25-22(27)14-30-21-9-5-4-8-20(21)26(28)29/h1-12,18H,14H2,(H,25,27). The van der Waals surface area contributed by atoms with E-state index in [1.165, 1.54) is 18.2 Å². The van der Waals surface area contributed by atoms with Crippen molar-refractivity contribution in [3.8, 4) is 11.8 Å². The van der Waals surface area contributed by atoms with Gasteiger partial charge in [0, 0.05) is 16.8 Å². The molecule has 0 aliphatic carbocycles. The third-order valence-corrected chi connectivity index (χ3v) is 4.61.